The lowest BCUT2D eigenvalue weighted by Crippen LogP contribution is -2.41. The number of amides is 1. The molecule has 2 heterocycles. The van der Waals surface area contributed by atoms with Crippen molar-refractivity contribution in [2.75, 3.05) is 39.4 Å². The molecule has 3 rings (SSSR count). The second-order valence-corrected chi connectivity index (χ2v) is 8.07. The maximum absolute atomic E-state index is 12.8. The molecule has 0 spiro atoms. The molecule has 1 aromatic carbocycles. The van der Waals surface area contributed by atoms with Crippen LogP contribution in [0.4, 0.5) is 0 Å². The lowest BCUT2D eigenvalue weighted by atomic mass is 9.87. The van der Waals surface area contributed by atoms with E-state index in [1.165, 1.54) is 5.56 Å². The van der Waals surface area contributed by atoms with Crippen molar-refractivity contribution in [2.45, 2.75) is 26.2 Å². The fourth-order valence-corrected chi connectivity index (χ4v) is 3.33. The lowest BCUT2D eigenvalue weighted by molar-refractivity contribution is 0.0383. The maximum atomic E-state index is 12.8. The predicted octanol–water partition coefficient (Wildman–Crippen LogP) is 2.71. The van der Waals surface area contributed by atoms with Gasteiger partial charge >= 0.3 is 0 Å². The fraction of sp³-hybridized carbons (Fsp3) is 0.455. The number of morpholine rings is 1. The normalized spacial score (nSPS) is 15.2. The van der Waals surface area contributed by atoms with Crippen molar-refractivity contribution in [3.63, 3.8) is 0 Å². The maximum Gasteiger partial charge on any atom is 0.269 e. The smallest absolute Gasteiger partial charge is 0.269 e. The quantitative estimate of drug-likeness (QED) is 0.866. The summed E-state index contributed by atoms with van der Waals surface area (Å²) in [7, 11) is 0. The van der Waals surface area contributed by atoms with E-state index in [4.69, 9.17) is 4.74 Å². The largest absolute Gasteiger partial charge is 0.379 e. The van der Waals surface area contributed by atoms with Crippen molar-refractivity contribution >= 4 is 5.91 Å². The number of nitrogens with one attached hydrogen (secondary N) is 1. The van der Waals surface area contributed by atoms with Crippen LogP contribution >= 0.6 is 0 Å². The molecule has 1 N–H and O–H groups in total. The van der Waals surface area contributed by atoms with Gasteiger partial charge in [0, 0.05) is 38.1 Å². The molecule has 6 nitrogen and oxygen atoms in total. The summed E-state index contributed by atoms with van der Waals surface area (Å²) >= 11 is 0. The van der Waals surface area contributed by atoms with E-state index >= 15 is 0 Å². The number of benzene rings is 1. The third-order valence-corrected chi connectivity index (χ3v) is 5.05. The first kappa shape index (κ1) is 20.1. The van der Waals surface area contributed by atoms with Gasteiger partial charge in [0.05, 0.1) is 18.8 Å². The van der Waals surface area contributed by atoms with Crippen LogP contribution in [0.5, 0.6) is 0 Å². The van der Waals surface area contributed by atoms with E-state index in [2.05, 4.69) is 49.2 Å². The number of hydrogen-bond acceptors (Lipinski definition) is 4. The van der Waals surface area contributed by atoms with Crippen LogP contribution < -0.4 is 5.32 Å². The molecule has 1 fully saturated rings. The van der Waals surface area contributed by atoms with Gasteiger partial charge in [0.15, 0.2) is 0 Å². The molecule has 148 valence electrons. The van der Waals surface area contributed by atoms with Gasteiger partial charge in [-0.2, -0.15) is 5.26 Å². The van der Waals surface area contributed by atoms with Gasteiger partial charge in [-0.15, -0.1) is 0 Å². The van der Waals surface area contributed by atoms with Crippen molar-refractivity contribution in [1.29, 1.82) is 5.26 Å². The molecule has 2 aromatic rings. The van der Waals surface area contributed by atoms with Crippen LogP contribution in [0.3, 0.4) is 0 Å². The van der Waals surface area contributed by atoms with E-state index in [0.717, 1.165) is 38.5 Å². The number of nitriles is 1. The number of ether oxygens (including phenoxy) is 1. The Morgan fingerprint density at radius 1 is 1.18 bits per heavy atom. The zero-order chi connectivity index (χ0) is 20.1. The van der Waals surface area contributed by atoms with Crippen LogP contribution in [0.2, 0.25) is 0 Å². The predicted molar refractivity (Wildman–Crippen MR) is 109 cm³/mol. The minimum atomic E-state index is -0.227. The molecule has 1 aliphatic heterocycles. The highest BCUT2D eigenvalue weighted by molar-refractivity contribution is 5.95. The minimum Gasteiger partial charge on any atom is -0.379 e. The summed E-state index contributed by atoms with van der Waals surface area (Å²) in [6.45, 7) is 11.1. The van der Waals surface area contributed by atoms with Crippen LogP contribution in [0.1, 0.15) is 42.4 Å². The summed E-state index contributed by atoms with van der Waals surface area (Å²) in [5, 5.41) is 12.4. The minimum absolute atomic E-state index is 0.0622. The molecule has 1 aliphatic rings. The highest BCUT2D eigenvalue weighted by Crippen LogP contribution is 2.24. The Labute approximate surface area is 166 Å². The molecule has 0 radical (unpaired) electrons. The third kappa shape index (κ3) is 4.61. The molecule has 0 saturated carbocycles. The van der Waals surface area contributed by atoms with Gasteiger partial charge in [0.2, 0.25) is 0 Å². The number of hydrogen-bond donors (Lipinski definition) is 1. The summed E-state index contributed by atoms with van der Waals surface area (Å²) in [6.07, 6.45) is 1.78. The number of carbonyl (C=O) groups is 1. The first-order chi connectivity index (χ1) is 13.4. The van der Waals surface area contributed by atoms with E-state index in [-0.39, 0.29) is 11.3 Å². The molecule has 28 heavy (non-hydrogen) atoms. The summed E-state index contributed by atoms with van der Waals surface area (Å²) in [5.41, 5.74) is 2.91. The van der Waals surface area contributed by atoms with E-state index in [1.807, 2.05) is 12.1 Å². The molecule has 1 saturated heterocycles. The third-order valence-electron chi connectivity index (χ3n) is 5.05. The molecule has 1 aromatic heterocycles. The SMILES string of the molecule is CC(C)(C)c1ccc(-n2ccc(C#N)c2C(=O)NCCN2CCOCC2)cc1. The second-order valence-electron chi connectivity index (χ2n) is 8.07. The van der Waals surface area contributed by atoms with Gasteiger partial charge in [-0.1, -0.05) is 32.9 Å². The molecule has 0 bridgehead atoms. The van der Waals surface area contributed by atoms with Crippen molar-refractivity contribution in [3.05, 3.63) is 53.3 Å². The summed E-state index contributed by atoms with van der Waals surface area (Å²) in [5.74, 6) is -0.227. The van der Waals surface area contributed by atoms with Gasteiger partial charge in [-0.05, 0) is 29.2 Å². The molecular weight excluding hydrogens is 352 g/mol. The Balaban J connectivity index is 1.74. The van der Waals surface area contributed by atoms with E-state index < -0.39 is 0 Å². The molecule has 0 unspecified atom stereocenters. The van der Waals surface area contributed by atoms with Crippen LogP contribution in [0.15, 0.2) is 36.5 Å². The van der Waals surface area contributed by atoms with E-state index in [1.54, 1.807) is 16.8 Å². The number of rotatable bonds is 5. The Morgan fingerprint density at radius 3 is 2.46 bits per heavy atom. The van der Waals surface area contributed by atoms with Crippen LogP contribution in [0.25, 0.3) is 5.69 Å². The lowest BCUT2D eigenvalue weighted by Gasteiger charge is -2.26. The van der Waals surface area contributed by atoms with Crippen molar-refractivity contribution in [2.24, 2.45) is 0 Å². The molecule has 1 amide bonds. The van der Waals surface area contributed by atoms with Gasteiger partial charge in [-0.3, -0.25) is 9.69 Å². The zero-order valence-corrected chi connectivity index (χ0v) is 16.9. The summed E-state index contributed by atoms with van der Waals surface area (Å²) < 4.78 is 7.13. The van der Waals surface area contributed by atoms with E-state index in [0.29, 0.717) is 17.8 Å². The van der Waals surface area contributed by atoms with Gasteiger partial charge < -0.3 is 14.6 Å². The van der Waals surface area contributed by atoms with Crippen LogP contribution in [0, 0.1) is 11.3 Å². The number of nitrogens with zero attached hydrogens (tertiary/aromatic N) is 3. The Morgan fingerprint density at radius 2 is 1.86 bits per heavy atom. The van der Waals surface area contributed by atoms with Crippen molar-refractivity contribution in [3.8, 4) is 11.8 Å². The summed E-state index contributed by atoms with van der Waals surface area (Å²) in [4.78, 5) is 15.1. The zero-order valence-electron chi connectivity index (χ0n) is 16.9. The van der Waals surface area contributed by atoms with Crippen LogP contribution in [-0.4, -0.2) is 54.8 Å². The fourth-order valence-electron chi connectivity index (χ4n) is 3.33. The topological polar surface area (TPSA) is 70.3 Å². The van der Waals surface area contributed by atoms with Crippen molar-refractivity contribution < 1.29 is 9.53 Å². The van der Waals surface area contributed by atoms with Gasteiger partial charge in [-0.25, -0.2) is 0 Å². The first-order valence-corrected chi connectivity index (χ1v) is 9.71. The number of aromatic nitrogens is 1. The van der Waals surface area contributed by atoms with Crippen molar-refractivity contribution in [1.82, 2.24) is 14.8 Å². The average Bonchev–Trinajstić information content (AvgIpc) is 3.12. The Bertz CT molecular complexity index is 850. The Kier molecular flexibility index (Phi) is 6.18. The Hall–Kier alpha value is -2.62. The number of carbonyl (C=O) groups excluding carboxylic acids is 1. The van der Waals surface area contributed by atoms with E-state index in [9.17, 15) is 10.1 Å². The molecular formula is C22H28N4O2. The molecule has 0 aliphatic carbocycles. The molecule has 6 heteroatoms. The first-order valence-electron chi connectivity index (χ1n) is 9.71. The van der Waals surface area contributed by atoms with Gasteiger partial charge in [0.1, 0.15) is 11.8 Å². The molecule has 0 atom stereocenters. The van der Waals surface area contributed by atoms with Gasteiger partial charge in [0.25, 0.3) is 5.91 Å². The average molecular weight is 380 g/mol. The second kappa shape index (κ2) is 8.59. The van der Waals surface area contributed by atoms with Crippen LogP contribution in [-0.2, 0) is 10.2 Å². The highest BCUT2D eigenvalue weighted by Gasteiger charge is 2.19. The standard InChI is InChI=1S/C22H28N4O2/c1-22(2,3)18-4-6-19(7-5-18)26-10-8-17(16-23)20(26)21(27)24-9-11-25-12-14-28-15-13-25/h4-8,10H,9,11-15H2,1-3H3,(H,24,27). The monoisotopic (exact) mass is 380 g/mol. The highest BCUT2D eigenvalue weighted by atomic mass is 16.5. The summed E-state index contributed by atoms with van der Waals surface area (Å²) in [6, 6.07) is 11.9.